The second-order valence-electron chi connectivity index (χ2n) is 6.25. The molecule has 0 aromatic heterocycles. The van der Waals surface area contributed by atoms with Crippen LogP contribution in [0.25, 0.3) is 10.8 Å². The van der Waals surface area contributed by atoms with E-state index < -0.39 is 15.6 Å². The van der Waals surface area contributed by atoms with Gasteiger partial charge >= 0.3 is 15.6 Å². The molecule has 0 amide bonds. The zero-order valence-electron chi connectivity index (χ0n) is 15.5. The molecule has 0 atom stereocenters. The van der Waals surface area contributed by atoms with Crippen LogP contribution in [0.5, 0.6) is 5.75 Å². The van der Waals surface area contributed by atoms with Gasteiger partial charge in [-0.3, -0.25) is 0 Å². The van der Waals surface area contributed by atoms with Crippen molar-refractivity contribution in [1.82, 2.24) is 0 Å². The van der Waals surface area contributed by atoms with Crippen molar-refractivity contribution in [2.45, 2.75) is 57.9 Å². The Labute approximate surface area is 165 Å². The van der Waals surface area contributed by atoms with E-state index in [0.29, 0.717) is 29.2 Å². The van der Waals surface area contributed by atoms with Gasteiger partial charge < -0.3 is 4.18 Å². The molecule has 0 aliphatic heterocycles. The molecule has 2 rings (SSSR count). The van der Waals surface area contributed by atoms with Gasteiger partial charge in [0.15, 0.2) is 5.75 Å². The summed E-state index contributed by atoms with van der Waals surface area (Å²) in [5, 5.41) is 1.05. The molecule has 0 radical (unpaired) electrons. The first-order valence-electron chi connectivity index (χ1n) is 8.75. The third-order valence-electron chi connectivity index (χ3n) is 4.25. The number of hydrogen-bond acceptors (Lipinski definition) is 3. The van der Waals surface area contributed by atoms with E-state index >= 15 is 0 Å². The van der Waals surface area contributed by atoms with Gasteiger partial charge in [0, 0.05) is 5.39 Å². The Morgan fingerprint density at radius 2 is 1.59 bits per heavy atom. The zero-order chi connectivity index (χ0) is 19.4. The van der Waals surface area contributed by atoms with Gasteiger partial charge in [0.2, 0.25) is 0 Å². The smallest absolute Gasteiger partial charge is 0.375 e. The summed E-state index contributed by atoms with van der Waals surface area (Å²) in [5.41, 5.74) is -4.05. The summed E-state index contributed by atoms with van der Waals surface area (Å²) in [6, 6.07) is 8.70. The molecular formula is C19H26F3O3S2+. The Bertz CT molecular complexity index is 862. The lowest BCUT2D eigenvalue weighted by molar-refractivity contribution is -0.0499. The quantitative estimate of drug-likeness (QED) is 0.343. The maximum absolute atomic E-state index is 12.9. The molecule has 0 saturated heterocycles. The lowest BCUT2D eigenvalue weighted by atomic mass is 9.93. The fraction of sp³-hybridized carbons (Fsp3) is 0.474. The van der Waals surface area contributed by atoms with E-state index in [0.717, 1.165) is 31.2 Å². The maximum atomic E-state index is 12.9. The van der Waals surface area contributed by atoms with Crippen molar-refractivity contribution in [3.05, 3.63) is 41.5 Å². The Morgan fingerprint density at radius 3 is 2.19 bits per heavy atom. The van der Waals surface area contributed by atoms with Crippen molar-refractivity contribution in [2.24, 2.45) is 0 Å². The number of aryl methyl sites for hydroxylation is 1. The highest BCUT2D eigenvalue weighted by Gasteiger charge is 2.49. The molecule has 3 nitrogen and oxygen atoms in total. The first kappa shape index (κ1) is 23.6. The van der Waals surface area contributed by atoms with Crippen LogP contribution < -0.4 is 4.18 Å². The summed E-state index contributed by atoms with van der Waals surface area (Å²) < 4.78 is 66.7. The van der Waals surface area contributed by atoms with Gasteiger partial charge in [0.05, 0.1) is 0 Å². The molecule has 0 N–H and O–H groups in total. The van der Waals surface area contributed by atoms with Crippen LogP contribution in [0.2, 0.25) is 0 Å². The second-order valence-corrected chi connectivity index (χ2v) is 7.79. The number of rotatable bonds is 8. The monoisotopic (exact) mass is 423 g/mol. The van der Waals surface area contributed by atoms with Gasteiger partial charge in [-0.15, -0.1) is 0 Å². The minimum absolute atomic E-state index is 0. The third-order valence-corrected chi connectivity index (χ3v) is 5.21. The molecule has 0 saturated carbocycles. The van der Waals surface area contributed by atoms with E-state index in [1.54, 1.807) is 24.3 Å². The van der Waals surface area contributed by atoms with Crippen molar-refractivity contribution in [3.63, 3.8) is 0 Å². The van der Waals surface area contributed by atoms with Gasteiger partial charge in [0.25, 0.3) is 0 Å². The average Bonchev–Trinajstić information content (AvgIpc) is 2.57. The second kappa shape index (κ2) is 9.68. The molecule has 0 aliphatic carbocycles. The lowest BCUT2D eigenvalue weighted by Gasteiger charge is -2.19. The number of benzene rings is 2. The number of hydrogen-bond donors (Lipinski definition) is 0. The van der Waals surface area contributed by atoms with Gasteiger partial charge in [-0.05, 0) is 42.2 Å². The summed E-state index contributed by atoms with van der Waals surface area (Å²) in [4.78, 5) is 0. The Balaban J connectivity index is 0.00000364. The van der Waals surface area contributed by atoms with Gasteiger partial charge in [-0.25, -0.2) is 0 Å². The van der Waals surface area contributed by atoms with E-state index in [1.165, 1.54) is 0 Å². The van der Waals surface area contributed by atoms with Gasteiger partial charge in [-0.1, -0.05) is 70.5 Å². The molecule has 0 aliphatic rings. The standard InChI is InChI=1S/C19H23F3O3S.H2S/c1-3-5-9-14-13-15-10-7-8-12-17(15)18(16(14)11-6-4-2)25-26(23,24)19(20,21)22;/h7-8,10,12-13H,3-6,9,11H2,1-2H3;1H2/p+1. The van der Waals surface area contributed by atoms with Gasteiger partial charge in [0.1, 0.15) is 0 Å². The SMILES string of the molecule is CCCCc1cc2ccccc2c(OS(=O)(=O)C(F)(F)F)c1CCCC.[SH3+]. The first-order valence-corrected chi connectivity index (χ1v) is 10.2. The highest BCUT2D eigenvalue weighted by molar-refractivity contribution is 7.88. The van der Waals surface area contributed by atoms with Crippen LogP contribution in [-0.2, 0) is 36.5 Å². The molecular weight excluding hydrogens is 397 g/mol. The van der Waals surface area contributed by atoms with Crippen molar-refractivity contribution < 1.29 is 25.8 Å². The number of halogens is 3. The fourth-order valence-electron chi connectivity index (χ4n) is 2.88. The Hall–Kier alpha value is -1.41. The van der Waals surface area contributed by atoms with Crippen molar-refractivity contribution in [1.29, 1.82) is 0 Å². The predicted molar refractivity (Wildman–Crippen MR) is 108 cm³/mol. The number of unbranched alkanes of at least 4 members (excludes halogenated alkanes) is 2. The topological polar surface area (TPSA) is 43.4 Å². The van der Waals surface area contributed by atoms with Crippen molar-refractivity contribution in [3.8, 4) is 5.75 Å². The molecule has 0 fully saturated rings. The van der Waals surface area contributed by atoms with Crippen LogP contribution in [0.15, 0.2) is 30.3 Å². The third kappa shape index (κ3) is 5.54. The van der Waals surface area contributed by atoms with Crippen LogP contribution in [0, 0.1) is 0 Å². The normalized spacial score (nSPS) is 12.0. The fourth-order valence-corrected chi connectivity index (χ4v) is 3.39. The molecule has 0 unspecified atom stereocenters. The van der Waals surface area contributed by atoms with Crippen molar-refractivity contribution in [2.75, 3.05) is 0 Å². The first-order chi connectivity index (χ1) is 12.2. The predicted octanol–water partition coefficient (Wildman–Crippen LogP) is 4.95. The number of fused-ring (bicyclic) bond motifs is 1. The van der Waals surface area contributed by atoms with Crippen LogP contribution in [0.3, 0.4) is 0 Å². The molecule has 2 aromatic rings. The van der Waals surface area contributed by atoms with E-state index in [4.69, 9.17) is 0 Å². The average molecular weight is 424 g/mol. The summed E-state index contributed by atoms with van der Waals surface area (Å²) in [6.07, 6.45) is 4.51. The minimum atomic E-state index is -5.73. The lowest BCUT2D eigenvalue weighted by Crippen LogP contribution is -2.28. The van der Waals surface area contributed by atoms with E-state index in [1.807, 2.05) is 19.9 Å². The summed E-state index contributed by atoms with van der Waals surface area (Å²) in [7, 11) is -5.73. The molecule has 0 heterocycles. The largest absolute Gasteiger partial charge is 0.534 e. The van der Waals surface area contributed by atoms with Crippen LogP contribution in [0.1, 0.15) is 50.7 Å². The van der Waals surface area contributed by atoms with E-state index in [9.17, 15) is 21.6 Å². The molecule has 8 heteroatoms. The Kier molecular flexibility index (Phi) is 8.48. The summed E-state index contributed by atoms with van der Waals surface area (Å²) in [5.74, 6) is -0.181. The van der Waals surface area contributed by atoms with Crippen molar-refractivity contribution >= 4 is 34.4 Å². The highest BCUT2D eigenvalue weighted by atomic mass is 32.2. The molecule has 152 valence electrons. The van der Waals surface area contributed by atoms with Crippen LogP contribution >= 0.6 is 0 Å². The van der Waals surface area contributed by atoms with Crippen LogP contribution in [-0.4, -0.2) is 13.9 Å². The zero-order valence-corrected chi connectivity index (χ0v) is 17.4. The van der Waals surface area contributed by atoms with E-state index in [2.05, 4.69) is 4.18 Å². The minimum Gasteiger partial charge on any atom is -0.375 e. The summed E-state index contributed by atoms with van der Waals surface area (Å²) in [6.45, 7) is 4.00. The maximum Gasteiger partial charge on any atom is 0.534 e. The van der Waals surface area contributed by atoms with Crippen LogP contribution in [0.4, 0.5) is 13.2 Å². The molecule has 0 spiro atoms. The number of alkyl halides is 3. The Morgan fingerprint density at radius 1 is 1.00 bits per heavy atom. The molecule has 2 aromatic carbocycles. The molecule has 0 bridgehead atoms. The van der Waals surface area contributed by atoms with E-state index in [-0.39, 0.29) is 19.2 Å². The molecule has 27 heavy (non-hydrogen) atoms. The highest BCUT2D eigenvalue weighted by Crippen LogP contribution is 2.38. The summed E-state index contributed by atoms with van der Waals surface area (Å²) >= 11 is 0. The van der Waals surface area contributed by atoms with Gasteiger partial charge in [-0.2, -0.15) is 21.6 Å².